The molecule has 96 valence electrons. The summed E-state index contributed by atoms with van der Waals surface area (Å²) in [6.07, 6.45) is 0. The number of nitrogens with two attached hydrogens (primary N) is 1. The maximum absolute atomic E-state index is 12.0. The van der Waals surface area contributed by atoms with E-state index in [-0.39, 0.29) is 15.5 Å². The molecule has 1 nitrogen and oxygen atoms in total. The smallest absolute Gasteiger partial charge is 0.399 e. The fraction of sp³-hybridized carbons (Fsp3) is 0.250. The molecule has 0 aromatic heterocycles. The zero-order valence-corrected chi connectivity index (χ0v) is 9.53. The third-order valence-electron chi connectivity index (χ3n) is 1.37. The third kappa shape index (κ3) is 5.97. The predicted molar refractivity (Wildman–Crippen MR) is 54.7 cm³/mol. The number of alkyl halides is 6. The van der Waals surface area contributed by atoms with Crippen LogP contribution >= 0.6 is 23.5 Å². The van der Waals surface area contributed by atoms with E-state index in [9.17, 15) is 26.3 Å². The highest BCUT2D eigenvalue weighted by molar-refractivity contribution is 8.01. The largest absolute Gasteiger partial charge is 0.446 e. The Balaban J connectivity index is 2.95. The number of rotatable bonds is 2. The molecule has 0 saturated carbocycles. The van der Waals surface area contributed by atoms with Gasteiger partial charge in [0.25, 0.3) is 0 Å². The van der Waals surface area contributed by atoms with Crippen molar-refractivity contribution < 1.29 is 26.3 Å². The van der Waals surface area contributed by atoms with E-state index in [1.165, 1.54) is 0 Å². The van der Waals surface area contributed by atoms with Crippen LogP contribution in [-0.4, -0.2) is 11.0 Å². The normalized spacial score (nSPS) is 12.8. The van der Waals surface area contributed by atoms with Crippen molar-refractivity contribution in [3.8, 4) is 0 Å². The number of halogens is 6. The summed E-state index contributed by atoms with van der Waals surface area (Å²) in [4.78, 5) is -0.742. The second kappa shape index (κ2) is 4.89. The average Bonchev–Trinajstić information content (AvgIpc) is 1.93. The first kappa shape index (κ1) is 14.4. The van der Waals surface area contributed by atoms with Gasteiger partial charge in [-0.15, -0.1) is 0 Å². The van der Waals surface area contributed by atoms with E-state index in [0.29, 0.717) is 0 Å². The Kier molecular flexibility index (Phi) is 4.13. The third-order valence-corrected chi connectivity index (χ3v) is 2.78. The second-order valence-corrected chi connectivity index (χ2v) is 5.11. The van der Waals surface area contributed by atoms with Gasteiger partial charge in [-0.3, -0.25) is 0 Å². The number of hydrogen-bond acceptors (Lipinski definition) is 3. The molecule has 0 unspecified atom stereocenters. The summed E-state index contributed by atoms with van der Waals surface area (Å²) >= 11 is -1.01. The van der Waals surface area contributed by atoms with Gasteiger partial charge in [-0.2, -0.15) is 26.3 Å². The van der Waals surface area contributed by atoms with Crippen LogP contribution in [0.1, 0.15) is 0 Å². The molecule has 1 aromatic carbocycles. The number of nitrogen functional groups attached to an aromatic ring is 1. The summed E-state index contributed by atoms with van der Waals surface area (Å²) in [6.45, 7) is 0. The maximum Gasteiger partial charge on any atom is 0.446 e. The van der Waals surface area contributed by atoms with Crippen molar-refractivity contribution in [1.82, 2.24) is 0 Å². The zero-order chi connectivity index (χ0) is 13.3. The summed E-state index contributed by atoms with van der Waals surface area (Å²) in [5.74, 6) is 0. The van der Waals surface area contributed by atoms with Crippen molar-refractivity contribution in [2.75, 3.05) is 5.73 Å². The Hall–Kier alpha value is -0.700. The summed E-state index contributed by atoms with van der Waals surface area (Å²) in [7, 11) is 0. The molecule has 9 heteroatoms. The minimum absolute atomic E-state index is 0.147. The van der Waals surface area contributed by atoms with Crippen LogP contribution in [0.2, 0.25) is 0 Å². The van der Waals surface area contributed by atoms with E-state index >= 15 is 0 Å². The van der Waals surface area contributed by atoms with E-state index in [4.69, 9.17) is 5.73 Å². The van der Waals surface area contributed by atoms with Crippen LogP contribution in [0.3, 0.4) is 0 Å². The Morgan fingerprint density at radius 3 is 1.41 bits per heavy atom. The van der Waals surface area contributed by atoms with Gasteiger partial charge in [-0.05, 0) is 41.7 Å². The molecule has 0 atom stereocenters. The Bertz CT molecular complexity index is 366. The molecule has 0 spiro atoms. The molecule has 17 heavy (non-hydrogen) atoms. The summed E-state index contributed by atoms with van der Waals surface area (Å²) < 4.78 is 72.2. The lowest BCUT2D eigenvalue weighted by Crippen LogP contribution is -2.01. The fourth-order valence-corrected chi connectivity index (χ4v) is 2.35. The lowest BCUT2D eigenvalue weighted by molar-refractivity contribution is -0.0334. The molecule has 0 aliphatic carbocycles. The Labute approximate surface area is 101 Å². The lowest BCUT2D eigenvalue weighted by atomic mass is 10.3. The quantitative estimate of drug-likeness (QED) is 0.494. The van der Waals surface area contributed by atoms with Crippen molar-refractivity contribution in [3.05, 3.63) is 18.2 Å². The molecular formula is C8H5F6NS2. The fourth-order valence-electron chi connectivity index (χ4n) is 0.979. The second-order valence-electron chi connectivity index (χ2n) is 2.83. The van der Waals surface area contributed by atoms with Gasteiger partial charge in [-0.1, -0.05) is 0 Å². The van der Waals surface area contributed by atoms with Gasteiger partial charge >= 0.3 is 11.0 Å². The van der Waals surface area contributed by atoms with Crippen molar-refractivity contribution in [1.29, 1.82) is 0 Å². The summed E-state index contributed by atoms with van der Waals surface area (Å²) in [6, 6.07) is 2.74. The maximum atomic E-state index is 12.0. The number of hydrogen-bond donors (Lipinski definition) is 1. The first-order chi connectivity index (χ1) is 7.55. The zero-order valence-electron chi connectivity index (χ0n) is 7.89. The SMILES string of the molecule is Nc1cc(SC(F)(F)F)cc(SC(F)(F)F)c1. The minimum Gasteiger partial charge on any atom is -0.399 e. The topological polar surface area (TPSA) is 26.0 Å². The summed E-state index contributed by atoms with van der Waals surface area (Å²) in [5.41, 5.74) is -4.03. The van der Waals surface area contributed by atoms with Crippen LogP contribution in [0.25, 0.3) is 0 Å². The standard InChI is InChI=1S/C8H5F6NS2/c9-7(10,11)16-5-1-4(15)2-6(3-5)17-8(12,13)14/h1-3H,15H2. The summed E-state index contributed by atoms with van der Waals surface area (Å²) in [5, 5.41) is 0. The number of thioether (sulfide) groups is 2. The highest BCUT2D eigenvalue weighted by atomic mass is 32.2. The molecule has 0 aliphatic heterocycles. The van der Waals surface area contributed by atoms with Gasteiger partial charge in [0, 0.05) is 15.5 Å². The molecule has 0 saturated heterocycles. The monoisotopic (exact) mass is 293 g/mol. The molecule has 0 radical (unpaired) electrons. The van der Waals surface area contributed by atoms with Crippen LogP contribution < -0.4 is 5.73 Å². The molecule has 0 amide bonds. The van der Waals surface area contributed by atoms with Crippen LogP contribution in [0.5, 0.6) is 0 Å². The highest BCUT2D eigenvalue weighted by Crippen LogP contribution is 2.42. The van der Waals surface area contributed by atoms with E-state index in [2.05, 4.69) is 0 Å². The lowest BCUT2D eigenvalue weighted by Gasteiger charge is -2.10. The van der Waals surface area contributed by atoms with Crippen LogP contribution in [0.4, 0.5) is 32.0 Å². The molecule has 1 aromatic rings. The molecule has 0 fully saturated rings. The van der Waals surface area contributed by atoms with Gasteiger partial charge < -0.3 is 5.73 Å². The minimum atomic E-state index is -4.56. The van der Waals surface area contributed by atoms with E-state index in [0.717, 1.165) is 18.2 Å². The Morgan fingerprint density at radius 2 is 1.12 bits per heavy atom. The molecular weight excluding hydrogens is 288 g/mol. The number of anilines is 1. The van der Waals surface area contributed by atoms with Crippen molar-refractivity contribution in [3.63, 3.8) is 0 Å². The van der Waals surface area contributed by atoms with E-state index in [1.54, 1.807) is 0 Å². The van der Waals surface area contributed by atoms with E-state index < -0.39 is 34.5 Å². The van der Waals surface area contributed by atoms with Crippen molar-refractivity contribution in [2.45, 2.75) is 20.8 Å². The van der Waals surface area contributed by atoms with Gasteiger partial charge in [0.1, 0.15) is 0 Å². The van der Waals surface area contributed by atoms with Gasteiger partial charge in [0.15, 0.2) is 0 Å². The highest BCUT2D eigenvalue weighted by Gasteiger charge is 2.32. The average molecular weight is 293 g/mol. The molecule has 1 rings (SSSR count). The molecule has 0 heterocycles. The molecule has 0 aliphatic rings. The first-order valence-corrected chi connectivity index (χ1v) is 5.60. The molecule has 0 bridgehead atoms. The van der Waals surface area contributed by atoms with Gasteiger partial charge in [-0.25, -0.2) is 0 Å². The van der Waals surface area contributed by atoms with Crippen LogP contribution in [0, 0.1) is 0 Å². The predicted octanol–water partition coefficient (Wildman–Crippen LogP) is 4.49. The van der Waals surface area contributed by atoms with E-state index in [1.807, 2.05) is 0 Å². The Morgan fingerprint density at radius 1 is 0.765 bits per heavy atom. The number of benzene rings is 1. The molecule has 2 N–H and O–H groups in total. The van der Waals surface area contributed by atoms with Crippen molar-refractivity contribution >= 4 is 29.2 Å². The van der Waals surface area contributed by atoms with Gasteiger partial charge in [0.05, 0.1) is 0 Å². The van der Waals surface area contributed by atoms with Crippen LogP contribution in [0.15, 0.2) is 28.0 Å². The first-order valence-electron chi connectivity index (χ1n) is 3.97. The van der Waals surface area contributed by atoms with Crippen molar-refractivity contribution in [2.24, 2.45) is 0 Å². The van der Waals surface area contributed by atoms with Gasteiger partial charge in [0.2, 0.25) is 0 Å². The van der Waals surface area contributed by atoms with Crippen LogP contribution in [-0.2, 0) is 0 Å².